The molecule has 138 valence electrons. The van der Waals surface area contributed by atoms with E-state index in [9.17, 15) is 20.2 Å². The molecule has 1 aromatic carbocycles. The van der Waals surface area contributed by atoms with E-state index in [2.05, 4.69) is 18.9 Å². The smallest absolute Gasteiger partial charge is 0.299 e. The van der Waals surface area contributed by atoms with E-state index in [1.165, 1.54) is 25.0 Å². The van der Waals surface area contributed by atoms with Crippen LogP contribution in [0.2, 0.25) is 0 Å². The lowest BCUT2D eigenvalue weighted by molar-refractivity contribution is -0.393. The van der Waals surface area contributed by atoms with Gasteiger partial charge in [-0.1, -0.05) is 13.3 Å². The van der Waals surface area contributed by atoms with Crippen LogP contribution >= 0.6 is 0 Å². The van der Waals surface area contributed by atoms with Crippen molar-refractivity contribution in [1.82, 2.24) is 4.90 Å². The van der Waals surface area contributed by atoms with Crippen molar-refractivity contribution in [1.29, 1.82) is 0 Å². The molecule has 8 nitrogen and oxygen atoms in total. The molecule has 1 heterocycles. The van der Waals surface area contributed by atoms with E-state index in [1.54, 1.807) is 0 Å². The zero-order chi connectivity index (χ0) is 18.4. The number of benzene rings is 1. The summed E-state index contributed by atoms with van der Waals surface area (Å²) in [5.41, 5.74) is 0.0454. The van der Waals surface area contributed by atoms with Gasteiger partial charge in [-0.3, -0.25) is 20.2 Å². The number of hydrogen-bond donors (Lipinski definition) is 0. The molecule has 0 amide bonds. The maximum atomic E-state index is 11.3. The average Bonchev–Trinajstić information content (AvgIpc) is 2.60. The molecular weight excluding hydrogens is 324 g/mol. The molecular formula is C17H26N4O4. The zero-order valence-corrected chi connectivity index (χ0v) is 14.9. The highest BCUT2D eigenvalue weighted by Gasteiger charge is 2.27. The van der Waals surface area contributed by atoms with Crippen LogP contribution in [-0.2, 0) is 0 Å². The van der Waals surface area contributed by atoms with Gasteiger partial charge in [0.15, 0.2) is 0 Å². The lowest BCUT2D eigenvalue weighted by Gasteiger charge is -2.35. The quantitative estimate of drug-likeness (QED) is 0.526. The number of non-ortho nitro benzene ring substituents is 1. The third-order valence-corrected chi connectivity index (χ3v) is 4.78. The summed E-state index contributed by atoms with van der Waals surface area (Å²) in [6.45, 7) is 5.82. The number of unbranched alkanes of at least 4 members (excludes halogenated alkanes) is 1. The van der Waals surface area contributed by atoms with Crippen LogP contribution in [-0.4, -0.2) is 48.0 Å². The fourth-order valence-corrected chi connectivity index (χ4v) is 3.36. The summed E-state index contributed by atoms with van der Waals surface area (Å²) in [6.07, 6.45) is 4.34. The third kappa shape index (κ3) is 5.12. The Labute approximate surface area is 147 Å². The molecule has 0 spiro atoms. The number of nitro benzene ring substituents is 2. The molecule has 1 aliphatic rings. The summed E-state index contributed by atoms with van der Waals surface area (Å²) in [5, 5.41) is 22.1. The predicted molar refractivity (Wildman–Crippen MR) is 97.1 cm³/mol. The summed E-state index contributed by atoms with van der Waals surface area (Å²) in [5.74, 6) is 0.593. The molecule has 1 saturated heterocycles. The molecule has 25 heavy (non-hydrogen) atoms. The van der Waals surface area contributed by atoms with Crippen LogP contribution in [0.5, 0.6) is 0 Å². The minimum atomic E-state index is -0.602. The van der Waals surface area contributed by atoms with Gasteiger partial charge in [0.2, 0.25) is 0 Å². The number of nitrogens with zero attached hydrogens (tertiary/aromatic N) is 4. The Hall–Kier alpha value is -2.22. The van der Waals surface area contributed by atoms with Crippen LogP contribution in [0.3, 0.4) is 0 Å². The standard InChI is InChI=1S/C17H26N4O4/c1-3-4-9-18(2)13-14-7-10-19(11-8-14)16-6-5-15(20(22)23)12-17(16)21(24)25/h5-6,12,14H,3-4,7-11,13H2,1-2H3. The Morgan fingerprint density at radius 3 is 2.44 bits per heavy atom. The Balaban J connectivity index is 2.00. The lowest BCUT2D eigenvalue weighted by atomic mass is 9.95. The normalized spacial score (nSPS) is 15.6. The highest BCUT2D eigenvalue weighted by molar-refractivity contribution is 5.67. The van der Waals surface area contributed by atoms with Gasteiger partial charge in [0.05, 0.1) is 15.9 Å². The van der Waals surface area contributed by atoms with Crippen molar-refractivity contribution < 1.29 is 9.85 Å². The van der Waals surface area contributed by atoms with E-state index in [1.807, 2.05) is 4.90 Å². The second-order valence-electron chi connectivity index (χ2n) is 6.73. The van der Waals surface area contributed by atoms with Crippen molar-refractivity contribution >= 4 is 17.1 Å². The largest absolute Gasteiger partial charge is 0.366 e. The average molecular weight is 350 g/mol. The van der Waals surface area contributed by atoms with Crippen LogP contribution in [0, 0.1) is 26.1 Å². The van der Waals surface area contributed by atoms with Gasteiger partial charge in [-0.25, -0.2) is 0 Å². The van der Waals surface area contributed by atoms with Crippen LogP contribution in [0.1, 0.15) is 32.6 Å². The molecule has 2 rings (SSSR count). The Morgan fingerprint density at radius 2 is 1.88 bits per heavy atom. The topological polar surface area (TPSA) is 92.8 Å². The van der Waals surface area contributed by atoms with Crippen LogP contribution in [0.4, 0.5) is 17.1 Å². The minimum Gasteiger partial charge on any atom is -0.366 e. The second-order valence-corrected chi connectivity index (χ2v) is 6.73. The first-order chi connectivity index (χ1) is 11.9. The molecule has 0 bridgehead atoms. The molecule has 0 aromatic heterocycles. The molecule has 0 atom stereocenters. The first-order valence-electron chi connectivity index (χ1n) is 8.78. The molecule has 1 aromatic rings. The molecule has 8 heteroatoms. The van der Waals surface area contributed by atoms with Crippen LogP contribution in [0.15, 0.2) is 18.2 Å². The predicted octanol–water partition coefficient (Wildman–Crippen LogP) is 3.45. The van der Waals surface area contributed by atoms with Gasteiger partial charge in [-0.15, -0.1) is 0 Å². The number of anilines is 1. The highest BCUT2D eigenvalue weighted by atomic mass is 16.6. The maximum Gasteiger partial charge on any atom is 0.299 e. The SMILES string of the molecule is CCCCN(C)CC1CCN(c2ccc([N+](=O)[O-])cc2[N+](=O)[O-])CC1. The molecule has 0 radical (unpaired) electrons. The van der Waals surface area contributed by atoms with Crippen molar-refractivity contribution in [3.05, 3.63) is 38.4 Å². The molecule has 1 fully saturated rings. The Morgan fingerprint density at radius 1 is 1.20 bits per heavy atom. The van der Waals surface area contributed by atoms with E-state index < -0.39 is 9.85 Å². The van der Waals surface area contributed by atoms with E-state index >= 15 is 0 Å². The van der Waals surface area contributed by atoms with Crippen molar-refractivity contribution in [2.24, 2.45) is 5.92 Å². The number of hydrogen-bond acceptors (Lipinski definition) is 6. The summed E-state index contributed by atoms with van der Waals surface area (Å²) in [6, 6.07) is 3.90. The van der Waals surface area contributed by atoms with Crippen molar-refractivity contribution in [2.45, 2.75) is 32.6 Å². The zero-order valence-electron chi connectivity index (χ0n) is 14.9. The number of nitro groups is 2. The first-order valence-corrected chi connectivity index (χ1v) is 8.78. The van der Waals surface area contributed by atoms with Crippen LogP contribution in [0.25, 0.3) is 0 Å². The highest BCUT2D eigenvalue weighted by Crippen LogP contribution is 2.34. The molecule has 0 N–H and O–H groups in total. The van der Waals surface area contributed by atoms with Gasteiger partial charge in [-0.05, 0) is 44.8 Å². The number of piperidine rings is 1. The first kappa shape index (κ1) is 19.1. The van der Waals surface area contributed by atoms with Gasteiger partial charge >= 0.3 is 0 Å². The summed E-state index contributed by atoms with van der Waals surface area (Å²) in [4.78, 5) is 25.3. The summed E-state index contributed by atoms with van der Waals surface area (Å²) >= 11 is 0. The second kappa shape index (κ2) is 8.75. The van der Waals surface area contributed by atoms with Crippen LogP contribution < -0.4 is 4.90 Å². The third-order valence-electron chi connectivity index (χ3n) is 4.78. The van der Waals surface area contributed by atoms with Crippen molar-refractivity contribution in [3.8, 4) is 0 Å². The molecule has 1 aliphatic heterocycles. The Bertz CT molecular complexity index is 615. The van der Waals surface area contributed by atoms with E-state index in [4.69, 9.17) is 0 Å². The summed E-state index contributed by atoms with van der Waals surface area (Å²) < 4.78 is 0. The fraction of sp³-hybridized carbons (Fsp3) is 0.647. The molecule has 0 unspecified atom stereocenters. The Kier molecular flexibility index (Phi) is 6.69. The summed E-state index contributed by atoms with van der Waals surface area (Å²) in [7, 11) is 2.14. The van der Waals surface area contributed by atoms with Crippen molar-refractivity contribution in [3.63, 3.8) is 0 Å². The van der Waals surface area contributed by atoms with Gasteiger partial charge in [0, 0.05) is 25.7 Å². The van der Waals surface area contributed by atoms with Gasteiger partial charge in [0.25, 0.3) is 11.4 Å². The van der Waals surface area contributed by atoms with Gasteiger partial charge in [0.1, 0.15) is 5.69 Å². The van der Waals surface area contributed by atoms with E-state index in [0.29, 0.717) is 11.6 Å². The fourth-order valence-electron chi connectivity index (χ4n) is 3.36. The van der Waals surface area contributed by atoms with Gasteiger partial charge < -0.3 is 9.80 Å². The molecule has 0 aliphatic carbocycles. The van der Waals surface area contributed by atoms with Gasteiger partial charge in [-0.2, -0.15) is 0 Å². The lowest BCUT2D eigenvalue weighted by Crippen LogP contribution is -2.38. The maximum absolute atomic E-state index is 11.3. The minimum absolute atomic E-state index is 0.187. The monoisotopic (exact) mass is 350 g/mol. The molecule has 0 saturated carbocycles. The van der Waals surface area contributed by atoms with Crippen molar-refractivity contribution in [2.75, 3.05) is 38.1 Å². The number of rotatable bonds is 8. The van der Waals surface area contributed by atoms with E-state index in [-0.39, 0.29) is 11.4 Å². The van der Waals surface area contributed by atoms with E-state index in [0.717, 1.165) is 45.1 Å².